The van der Waals surface area contributed by atoms with Gasteiger partial charge in [0.25, 0.3) is 0 Å². The van der Waals surface area contributed by atoms with Crippen molar-refractivity contribution in [2.75, 3.05) is 25.1 Å². The molecule has 0 bridgehead atoms. The van der Waals surface area contributed by atoms with E-state index in [9.17, 15) is 0 Å². The molecule has 2 aromatic heterocycles. The van der Waals surface area contributed by atoms with Crippen LogP contribution in [0.2, 0.25) is 0 Å². The summed E-state index contributed by atoms with van der Waals surface area (Å²) in [5.41, 5.74) is 6.18. The van der Waals surface area contributed by atoms with Crippen molar-refractivity contribution < 1.29 is 13.6 Å². The maximum Gasteiger partial charge on any atom is 0.119 e. The quantitative estimate of drug-likeness (QED) is 0.609. The van der Waals surface area contributed by atoms with E-state index in [4.69, 9.17) is 13.6 Å². The van der Waals surface area contributed by atoms with Crippen LogP contribution < -0.4 is 9.64 Å². The number of benzene rings is 1. The van der Waals surface area contributed by atoms with Crippen LogP contribution in [0.15, 0.2) is 45.2 Å². The van der Waals surface area contributed by atoms with Gasteiger partial charge in [0, 0.05) is 29.9 Å². The first-order valence-corrected chi connectivity index (χ1v) is 9.22. The first kappa shape index (κ1) is 17.5. The van der Waals surface area contributed by atoms with Crippen molar-refractivity contribution in [3.63, 3.8) is 0 Å². The third-order valence-corrected chi connectivity index (χ3v) is 5.23. The van der Waals surface area contributed by atoms with Gasteiger partial charge in [0.05, 0.1) is 7.11 Å². The molecule has 0 atom stereocenters. The van der Waals surface area contributed by atoms with Crippen molar-refractivity contribution in [3.8, 4) is 5.75 Å². The molecular weight excluding hydrogens is 338 g/mol. The minimum absolute atomic E-state index is 0.838. The molecule has 1 aliphatic heterocycles. The molecule has 0 N–H and O–H groups in total. The van der Waals surface area contributed by atoms with Crippen LogP contribution in [0.5, 0.6) is 5.75 Å². The summed E-state index contributed by atoms with van der Waals surface area (Å²) in [7, 11) is 1.69. The van der Waals surface area contributed by atoms with Gasteiger partial charge in [-0.3, -0.25) is 0 Å². The monoisotopic (exact) mass is 363 g/mol. The average Bonchev–Trinajstić information content (AvgIpc) is 3.31. The number of furan rings is 2. The Morgan fingerprint density at radius 2 is 1.26 bits per heavy atom. The molecule has 0 spiro atoms. The van der Waals surface area contributed by atoms with Gasteiger partial charge in [-0.05, 0) is 75.2 Å². The van der Waals surface area contributed by atoms with Crippen LogP contribution in [0.25, 0.3) is 11.1 Å². The van der Waals surface area contributed by atoms with Crippen molar-refractivity contribution in [2.45, 2.75) is 27.7 Å². The molecule has 140 valence electrons. The Balaban J connectivity index is 1.77. The van der Waals surface area contributed by atoms with E-state index in [2.05, 4.69) is 29.2 Å². The summed E-state index contributed by atoms with van der Waals surface area (Å²) < 4.78 is 16.9. The number of aryl methyl sites for hydroxylation is 4. The third kappa shape index (κ3) is 3.16. The molecule has 0 radical (unpaired) electrons. The molecule has 0 fully saturated rings. The van der Waals surface area contributed by atoms with E-state index in [1.807, 2.05) is 39.8 Å². The lowest BCUT2D eigenvalue weighted by atomic mass is 9.97. The van der Waals surface area contributed by atoms with E-state index in [1.54, 1.807) is 7.11 Å². The molecule has 0 amide bonds. The second kappa shape index (κ2) is 6.69. The van der Waals surface area contributed by atoms with Gasteiger partial charge in [0.15, 0.2) is 0 Å². The van der Waals surface area contributed by atoms with Crippen LogP contribution in [0.1, 0.15) is 34.2 Å². The fourth-order valence-corrected chi connectivity index (χ4v) is 3.96. The Bertz CT molecular complexity index is 947. The summed E-state index contributed by atoms with van der Waals surface area (Å²) in [5.74, 6) is 4.69. The molecule has 1 aromatic carbocycles. The highest BCUT2D eigenvalue weighted by Crippen LogP contribution is 2.39. The van der Waals surface area contributed by atoms with Gasteiger partial charge in [-0.25, -0.2) is 0 Å². The fourth-order valence-electron chi connectivity index (χ4n) is 3.96. The van der Waals surface area contributed by atoms with E-state index in [-0.39, 0.29) is 0 Å². The molecule has 0 saturated heterocycles. The summed E-state index contributed by atoms with van der Waals surface area (Å²) in [6.45, 7) is 9.75. The number of nitrogens with zero attached hydrogens (tertiary/aromatic N) is 1. The van der Waals surface area contributed by atoms with Gasteiger partial charge in [-0.2, -0.15) is 0 Å². The van der Waals surface area contributed by atoms with Crippen molar-refractivity contribution in [2.24, 2.45) is 0 Å². The molecule has 1 aliphatic rings. The topological polar surface area (TPSA) is 38.8 Å². The molecule has 0 aliphatic carbocycles. The molecule has 0 unspecified atom stereocenters. The summed E-state index contributed by atoms with van der Waals surface area (Å²) in [6.07, 6.45) is 0. The van der Waals surface area contributed by atoms with Gasteiger partial charge in [-0.15, -0.1) is 0 Å². The van der Waals surface area contributed by atoms with Crippen LogP contribution in [-0.2, 0) is 0 Å². The van der Waals surface area contributed by atoms with Gasteiger partial charge < -0.3 is 18.5 Å². The van der Waals surface area contributed by atoms with Crippen molar-refractivity contribution in [3.05, 3.63) is 70.6 Å². The molecule has 4 heteroatoms. The van der Waals surface area contributed by atoms with Gasteiger partial charge >= 0.3 is 0 Å². The number of rotatable bonds is 4. The van der Waals surface area contributed by atoms with Crippen LogP contribution in [-0.4, -0.2) is 20.2 Å². The predicted molar refractivity (Wildman–Crippen MR) is 108 cm³/mol. The average molecular weight is 363 g/mol. The molecule has 3 aromatic rings. The normalized spacial score (nSPS) is 14.3. The van der Waals surface area contributed by atoms with E-state index >= 15 is 0 Å². The van der Waals surface area contributed by atoms with Gasteiger partial charge in [0.2, 0.25) is 0 Å². The van der Waals surface area contributed by atoms with Crippen molar-refractivity contribution >= 4 is 16.8 Å². The number of ether oxygens (including phenoxy) is 1. The molecule has 27 heavy (non-hydrogen) atoms. The Kier molecular flexibility index (Phi) is 4.34. The summed E-state index contributed by atoms with van der Waals surface area (Å²) in [4.78, 5) is 2.38. The summed E-state index contributed by atoms with van der Waals surface area (Å²) >= 11 is 0. The molecule has 3 heterocycles. The zero-order chi connectivity index (χ0) is 19.1. The number of hydrogen-bond acceptors (Lipinski definition) is 4. The molecular formula is C23H25NO3. The summed E-state index contributed by atoms with van der Waals surface area (Å²) in [6, 6.07) is 12.5. The van der Waals surface area contributed by atoms with E-state index in [0.29, 0.717) is 0 Å². The Labute approximate surface area is 160 Å². The van der Waals surface area contributed by atoms with E-state index < -0.39 is 0 Å². The van der Waals surface area contributed by atoms with Crippen LogP contribution in [0.4, 0.5) is 5.69 Å². The highest BCUT2D eigenvalue weighted by atomic mass is 16.5. The van der Waals surface area contributed by atoms with E-state index in [1.165, 1.54) is 28.0 Å². The number of methoxy groups -OCH3 is 1. The zero-order valence-electron chi connectivity index (χ0n) is 16.6. The SMILES string of the molecule is COc1ccc(N2CC(c3cc(C)oc3C)=C(c3cc(C)oc3C)C2)cc1. The highest BCUT2D eigenvalue weighted by Gasteiger charge is 2.28. The van der Waals surface area contributed by atoms with Crippen molar-refractivity contribution in [1.29, 1.82) is 0 Å². The van der Waals surface area contributed by atoms with Crippen molar-refractivity contribution in [1.82, 2.24) is 0 Å². The Hall–Kier alpha value is -2.88. The maximum atomic E-state index is 5.83. The van der Waals surface area contributed by atoms with Gasteiger partial charge in [-0.1, -0.05) is 0 Å². The predicted octanol–water partition coefficient (Wildman–Crippen LogP) is 5.55. The second-order valence-electron chi connectivity index (χ2n) is 7.17. The fraction of sp³-hybridized carbons (Fsp3) is 0.304. The lowest BCUT2D eigenvalue weighted by Gasteiger charge is -2.19. The minimum Gasteiger partial charge on any atom is -0.497 e. The Morgan fingerprint density at radius 3 is 1.63 bits per heavy atom. The number of anilines is 1. The van der Waals surface area contributed by atoms with Gasteiger partial charge in [0.1, 0.15) is 28.8 Å². The first-order valence-electron chi connectivity index (χ1n) is 9.22. The molecule has 0 saturated carbocycles. The lowest BCUT2D eigenvalue weighted by Crippen LogP contribution is -2.20. The van der Waals surface area contributed by atoms with Crippen LogP contribution in [0.3, 0.4) is 0 Å². The Morgan fingerprint density at radius 1 is 0.778 bits per heavy atom. The maximum absolute atomic E-state index is 5.83. The first-order chi connectivity index (χ1) is 13.0. The van der Waals surface area contributed by atoms with Crippen LogP contribution in [0, 0.1) is 27.7 Å². The second-order valence-corrected chi connectivity index (χ2v) is 7.17. The van der Waals surface area contributed by atoms with Crippen LogP contribution >= 0.6 is 0 Å². The van der Waals surface area contributed by atoms with E-state index in [0.717, 1.165) is 41.9 Å². The lowest BCUT2D eigenvalue weighted by molar-refractivity contribution is 0.415. The number of hydrogen-bond donors (Lipinski definition) is 0. The standard InChI is InChI=1S/C23H25NO3/c1-14-10-20(16(3)26-14)22-12-24(18-6-8-19(25-5)9-7-18)13-23(22)21-11-15(2)27-17(21)4/h6-11H,12-13H2,1-5H3. The summed E-state index contributed by atoms with van der Waals surface area (Å²) in [5, 5.41) is 0. The molecule has 4 nitrogen and oxygen atoms in total. The zero-order valence-corrected chi connectivity index (χ0v) is 16.6. The largest absolute Gasteiger partial charge is 0.497 e. The minimum atomic E-state index is 0.838. The highest BCUT2D eigenvalue weighted by molar-refractivity contribution is 5.98. The molecule has 4 rings (SSSR count). The smallest absolute Gasteiger partial charge is 0.119 e. The third-order valence-electron chi connectivity index (χ3n) is 5.23.